The summed E-state index contributed by atoms with van der Waals surface area (Å²) in [6.45, 7) is 2.07. The van der Waals surface area contributed by atoms with Crippen molar-refractivity contribution < 1.29 is 4.68 Å². The zero-order valence-corrected chi connectivity index (χ0v) is 7.78. The minimum Gasteiger partial charge on any atom is -0.128 e. The van der Waals surface area contributed by atoms with E-state index in [1.54, 1.807) is 0 Å². The highest BCUT2D eigenvalue weighted by Gasteiger charge is 2.08. The van der Waals surface area contributed by atoms with E-state index in [1.165, 1.54) is 5.57 Å². The quantitative estimate of drug-likeness (QED) is 0.446. The van der Waals surface area contributed by atoms with Crippen LogP contribution in [0.5, 0.6) is 0 Å². The van der Waals surface area contributed by atoms with Crippen LogP contribution in [0.3, 0.4) is 0 Å². The van der Waals surface area contributed by atoms with Crippen LogP contribution in [-0.2, 0) is 7.05 Å². The number of aromatic nitrogens is 2. The van der Waals surface area contributed by atoms with Gasteiger partial charge in [-0.2, -0.15) is 0 Å². The monoisotopic (exact) mass is 171 g/mol. The molecule has 2 rings (SSSR count). The number of rotatable bonds is 1. The van der Waals surface area contributed by atoms with Crippen LogP contribution in [0.1, 0.15) is 6.92 Å². The molecule has 0 aromatic carbocycles. The van der Waals surface area contributed by atoms with Gasteiger partial charge >= 0.3 is 0 Å². The van der Waals surface area contributed by atoms with Gasteiger partial charge < -0.3 is 0 Å². The summed E-state index contributed by atoms with van der Waals surface area (Å²) in [6.07, 6.45) is 7.91. The fourth-order valence-corrected chi connectivity index (χ4v) is 1.37. The van der Waals surface area contributed by atoms with Gasteiger partial charge in [0.05, 0.1) is 6.20 Å². The van der Waals surface area contributed by atoms with Gasteiger partial charge in [-0.1, -0.05) is 11.5 Å². The fraction of sp³-hybridized carbons (Fsp3) is 0.182. The number of hydrogen-bond donors (Lipinski definition) is 0. The van der Waals surface area contributed by atoms with Gasteiger partial charge in [-0.15, -0.1) is 9.36 Å². The topological polar surface area (TPSA) is 8.81 Å². The highest BCUT2D eigenvalue weighted by molar-refractivity contribution is 5.63. The van der Waals surface area contributed by atoms with E-state index in [0.717, 1.165) is 5.70 Å². The lowest BCUT2D eigenvalue weighted by Crippen LogP contribution is -2.37. The Morgan fingerprint density at radius 3 is 2.69 bits per heavy atom. The zero-order chi connectivity index (χ0) is 9.26. The van der Waals surface area contributed by atoms with Crippen molar-refractivity contribution in [1.29, 1.82) is 0 Å². The molecule has 0 amide bonds. The third-order valence-corrected chi connectivity index (χ3v) is 2.10. The molecule has 0 saturated carbocycles. The van der Waals surface area contributed by atoms with Crippen LogP contribution >= 0.6 is 0 Å². The van der Waals surface area contributed by atoms with Crippen LogP contribution < -0.4 is 4.68 Å². The van der Waals surface area contributed by atoms with Crippen LogP contribution in [0, 0.1) is 0 Å². The first kappa shape index (κ1) is 7.88. The number of allylic oxidation sites excluding steroid dienone is 4. The third-order valence-electron chi connectivity index (χ3n) is 2.10. The minimum absolute atomic E-state index is 1.14. The Morgan fingerprint density at radius 2 is 2.08 bits per heavy atom. The SMILES string of the molecule is CC1=C(n2ccc[n+]2C)C=C=C=C1. The first-order valence-corrected chi connectivity index (χ1v) is 4.21. The summed E-state index contributed by atoms with van der Waals surface area (Å²) in [4.78, 5) is 0. The summed E-state index contributed by atoms with van der Waals surface area (Å²) in [7, 11) is 2.01. The molecule has 2 nitrogen and oxygen atoms in total. The van der Waals surface area contributed by atoms with Gasteiger partial charge in [0.15, 0.2) is 13.2 Å². The van der Waals surface area contributed by atoms with Gasteiger partial charge in [0.1, 0.15) is 5.70 Å². The largest absolute Gasteiger partial charge is 0.195 e. The van der Waals surface area contributed by atoms with Crippen molar-refractivity contribution in [1.82, 2.24) is 4.68 Å². The van der Waals surface area contributed by atoms with Crippen LogP contribution in [0.25, 0.3) is 5.70 Å². The normalized spacial score (nSPS) is 14.3. The molecule has 0 N–H and O–H groups in total. The van der Waals surface area contributed by atoms with Crippen LogP contribution in [0.4, 0.5) is 0 Å². The molecular formula is C11H11N2+. The smallest absolute Gasteiger partial charge is 0.128 e. The van der Waals surface area contributed by atoms with E-state index in [2.05, 4.69) is 23.1 Å². The van der Waals surface area contributed by atoms with E-state index >= 15 is 0 Å². The first-order chi connectivity index (χ1) is 6.29. The second-order valence-electron chi connectivity index (χ2n) is 3.05. The second kappa shape index (κ2) is 2.95. The highest BCUT2D eigenvalue weighted by Crippen LogP contribution is 2.12. The molecule has 1 aliphatic rings. The summed E-state index contributed by atoms with van der Waals surface area (Å²) in [6, 6.07) is 2.01. The van der Waals surface area contributed by atoms with Crippen LogP contribution in [-0.4, -0.2) is 4.68 Å². The molecule has 13 heavy (non-hydrogen) atoms. The van der Waals surface area contributed by atoms with Crippen molar-refractivity contribution in [3.63, 3.8) is 0 Å². The maximum atomic E-state index is 2.96. The summed E-state index contributed by atoms with van der Waals surface area (Å²) >= 11 is 0. The van der Waals surface area contributed by atoms with Crippen molar-refractivity contribution in [2.24, 2.45) is 7.05 Å². The van der Waals surface area contributed by atoms with Gasteiger partial charge in [-0.05, 0) is 18.6 Å². The van der Waals surface area contributed by atoms with E-state index in [9.17, 15) is 0 Å². The molecule has 1 aromatic rings. The molecule has 0 fully saturated rings. The number of hydrogen-bond acceptors (Lipinski definition) is 0. The zero-order valence-electron chi connectivity index (χ0n) is 7.78. The van der Waals surface area contributed by atoms with E-state index in [0.29, 0.717) is 0 Å². The van der Waals surface area contributed by atoms with Crippen molar-refractivity contribution in [2.45, 2.75) is 6.92 Å². The molecule has 2 heteroatoms. The summed E-state index contributed by atoms with van der Waals surface area (Å²) in [5, 5.41) is 0. The van der Waals surface area contributed by atoms with Crippen LogP contribution in [0.15, 0.2) is 47.6 Å². The minimum atomic E-state index is 1.14. The standard InChI is InChI=1S/C11H11N2/c1-10-6-3-4-7-11(10)13-9-5-8-12(13)2/h5-9H,1-2H3/q+1. The summed E-state index contributed by atoms with van der Waals surface area (Å²) < 4.78 is 4.09. The Labute approximate surface area is 77.4 Å². The Morgan fingerprint density at radius 1 is 1.31 bits per heavy atom. The molecule has 1 aliphatic carbocycles. The van der Waals surface area contributed by atoms with E-state index < -0.39 is 0 Å². The van der Waals surface area contributed by atoms with Crippen molar-refractivity contribution >= 4 is 5.70 Å². The van der Waals surface area contributed by atoms with Crippen molar-refractivity contribution in [2.75, 3.05) is 0 Å². The molecule has 64 valence electrons. The van der Waals surface area contributed by atoms with E-state index in [1.807, 2.05) is 42.3 Å². The van der Waals surface area contributed by atoms with Gasteiger partial charge in [0.25, 0.3) is 0 Å². The Hall–Kier alpha value is -1.75. The van der Waals surface area contributed by atoms with Crippen molar-refractivity contribution in [3.8, 4) is 0 Å². The third kappa shape index (κ3) is 1.29. The molecular weight excluding hydrogens is 160 g/mol. The van der Waals surface area contributed by atoms with Crippen molar-refractivity contribution in [3.05, 3.63) is 47.6 Å². The molecule has 0 unspecified atom stereocenters. The Balaban J connectivity index is 2.56. The number of aryl methyl sites for hydroxylation is 1. The first-order valence-electron chi connectivity index (χ1n) is 4.21. The second-order valence-corrected chi connectivity index (χ2v) is 3.05. The lowest BCUT2D eigenvalue weighted by molar-refractivity contribution is -0.742. The molecule has 0 saturated heterocycles. The maximum Gasteiger partial charge on any atom is 0.195 e. The molecule has 1 heterocycles. The van der Waals surface area contributed by atoms with Crippen LogP contribution in [0.2, 0.25) is 0 Å². The molecule has 0 spiro atoms. The molecule has 0 bridgehead atoms. The van der Waals surface area contributed by atoms with Gasteiger partial charge in [0.2, 0.25) is 0 Å². The highest BCUT2D eigenvalue weighted by atomic mass is 15.4. The van der Waals surface area contributed by atoms with Gasteiger partial charge in [-0.3, -0.25) is 0 Å². The molecule has 0 atom stereocenters. The summed E-state index contributed by atoms with van der Waals surface area (Å²) in [5.41, 5.74) is 8.24. The predicted octanol–water partition coefficient (Wildman–Crippen LogP) is 1.42. The predicted molar refractivity (Wildman–Crippen MR) is 50.7 cm³/mol. The van der Waals surface area contributed by atoms with E-state index in [-0.39, 0.29) is 0 Å². The lowest BCUT2D eigenvalue weighted by atomic mass is 10.2. The Bertz CT molecular complexity index is 462. The average molecular weight is 171 g/mol. The molecule has 0 aliphatic heterocycles. The number of nitrogens with zero attached hydrogens (tertiary/aromatic N) is 2. The Kier molecular flexibility index (Phi) is 1.79. The van der Waals surface area contributed by atoms with Gasteiger partial charge in [-0.25, -0.2) is 0 Å². The maximum absolute atomic E-state index is 2.96. The average Bonchev–Trinajstić information content (AvgIpc) is 2.52. The fourth-order valence-electron chi connectivity index (χ4n) is 1.37. The van der Waals surface area contributed by atoms with Gasteiger partial charge in [0, 0.05) is 12.1 Å². The lowest BCUT2D eigenvalue weighted by Gasteiger charge is -2.03. The molecule has 0 radical (unpaired) electrons. The van der Waals surface area contributed by atoms with E-state index in [4.69, 9.17) is 0 Å². The summed E-state index contributed by atoms with van der Waals surface area (Å²) in [5.74, 6) is 0. The molecule has 1 aromatic heterocycles.